The molecular weight excluding hydrogens is 220 g/mol. The van der Waals surface area contributed by atoms with E-state index < -0.39 is 12.0 Å². The molecule has 0 unspecified atom stereocenters. The Bertz CT molecular complexity index is 291. The Kier molecular flexibility index (Phi) is 4.93. The highest BCUT2D eigenvalue weighted by molar-refractivity contribution is 5.78. The molecule has 1 rings (SSSR count). The zero-order valence-electron chi connectivity index (χ0n) is 10.8. The summed E-state index contributed by atoms with van der Waals surface area (Å²) < 4.78 is 0. The van der Waals surface area contributed by atoms with Gasteiger partial charge in [-0.25, -0.2) is 0 Å². The van der Waals surface area contributed by atoms with Gasteiger partial charge in [0.2, 0.25) is 5.91 Å². The Balaban J connectivity index is 2.49. The van der Waals surface area contributed by atoms with Gasteiger partial charge in [0.05, 0.1) is 0 Å². The summed E-state index contributed by atoms with van der Waals surface area (Å²) >= 11 is 0. The van der Waals surface area contributed by atoms with Crippen LogP contribution in [0.3, 0.4) is 0 Å². The smallest absolute Gasteiger partial charge is 0.320 e. The topological polar surface area (TPSA) is 69.6 Å². The second-order valence-electron chi connectivity index (χ2n) is 5.01. The van der Waals surface area contributed by atoms with Crippen LogP contribution in [0, 0.1) is 5.92 Å². The van der Waals surface area contributed by atoms with Crippen LogP contribution in [0.1, 0.15) is 33.6 Å². The van der Waals surface area contributed by atoms with Gasteiger partial charge in [0.1, 0.15) is 6.04 Å². The third-order valence-electron chi connectivity index (χ3n) is 3.23. The minimum absolute atomic E-state index is 0.0257. The molecule has 0 radical (unpaired) electrons. The maximum Gasteiger partial charge on any atom is 0.320 e. The fraction of sp³-hybridized carbons (Fsp3) is 0.833. The number of likely N-dealkylation sites (tertiary alicyclic amines) is 1. The Morgan fingerprint density at radius 1 is 1.35 bits per heavy atom. The monoisotopic (exact) mass is 242 g/mol. The Hall–Kier alpha value is -1.10. The first-order valence-electron chi connectivity index (χ1n) is 6.19. The highest BCUT2D eigenvalue weighted by Crippen LogP contribution is 2.13. The highest BCUT2D eigenvalue weighted by atomic mass is 16.4. The van der Waals surface area contributed by atoms with Crippen molar-refractivity contribution in [3.63, 3.8) is 0 Å². The Morgan fingerprint density at radius 3 is 2.53 bits per heavy atom. The van der Waals surface area contributed by atoms with E-state index in [2.05, 4.69) is 5.32 Å². The van der Waals surface area contributed by atoms with Crippen molar-refractivity contribution in [3.8, 4) is 0 Å². The normalized spacial score (nSPS) is 23.4. The number of amides is 1. The minimum Gasteiger partial charge on any atom is -0.480 e. The molecule has 1 heterocycles. The standard InChI is InChI=1S/C12H22N2O3/c1-8(2)11(15)13-10-5-4-6-14(7-10)9(3)12(16)17/h8-10H,4-7H2,1-3H3,(H,13,15)(H,16,17)/t9-,10+/m0/s1. The van der Waals surface area contributed by atoms with E-state index in [0.29, 0.717) is 6.54 Å². The number of carbonyl (C=O) groups is 2. The lowest BCUT2D eigenvalue weighted by Gasteiger charge is -2.35. The van der Waals surface area contributed by atoms with Gasteiger partial charge >= 0.3 is 5.97 Å². The molecule has 1 amide bonds. The lowest BCUT2D eigenvalue weighted by atomic mass is 10.0. The van der Waals surface area contributed by atoms with Crippen LogP contribution < -0.4 is 5.32 Å². The van der Waals surface area contributed by atoms with Crippen LogP contribution in [0.15, 0.2) is 0 Å². The lowest BCUT2D eigenvalue weighted by molar-refractivity contribution is -0.143. The largest absolute Gasteiger partial charge is 0.480 e. The zero-order chi connectivity index (χ0) is 13.0. The van der Waals surface area contributed by atoms with Gasteiger partial charge in [-0.3, -0.25) is 14.5 Å². The van der Waals surface area contributed by atoms with E-state index in [-0.39, 0.29) is 17.9 Å². The van der Waals surface area contributed by atoms with Gasteiger partial charge in [-0.05, 0) is 26.3 Å². The van der Waals surface area contributed by atoms with E-state index in [1.54, 1.807) is 6.92 Å². The number of aliphatic carboxylic acids is 1. The van der Waals surface area contributed by atoms with Gasteiger partial charge in [-0.2, -0.15) is 0 Å². The fourth-order valence-electron chi connectivity index (χ4n) is 2.00. The molecule has 1 aliphatic rings. The zero-order valence-corrected chi connectivity index (χ0v) is 10.8. The SMILES string of the molecule is CC(C)C(=O)N[C@@H]1CCCN([C@@H](C)C(=O)O)C1. The second-order valence-corrected chi connectivity index (χ2v) is 5.01. The van der Waals surface area contributed by atoms with Gasteiger partial charge < -0.3 is 10.4 Å². The maximum absolute atomic E-state index is 11.6. The average molecular weight is 242 g/mol. The van der Waals surface area contributed by atoms with Crippen molar-refractivity contribution < 1.29 is 14.7 Å². The number of carboxylic acids is 1. The van der Waals surface area contributed by atoms with Gasteiger partial charge in [-0.15, -0.1) is 0 Å². The third kappa shape index (κ3) is 4.00. The van der Waals surface area contributed by atoms with Crippen molar-refractivity contribution in [2.75, 3.05) is 13.1 Å². The molecule has 98 valence electrons. The van der Waals surface area contributed by atoms with Crippen LogP contribution in [-0.4, -0.2) is 47.1 Å². The summed E-state index contributed by atoms with van der Waals surface area (Å²) in [7, 11) is 0. The molecule has 0 spiro atoms. The van der Waals surface area contributed by atoms with E-state index >= 15 is 0 Å². The van der Waals surface area contributed by atoms with Crippen molar-refractivity contribution in [1.82, 2.24) is 10.2 Å². The predicted molar refractivity (Wildman–Crippen MR) is 64.7 cm³/mol. The van der Waals surface area contributed by atoms with Crippen molar-refractivity contribution in [1.29, 1.82) is 0 Å². The quantitative estimate of drug-likeness (QED) is 0.761. The summed E-state index contributed by atoms with van der Waals surface area (Å²) in [5.74, 6) is -0.789. The van der Waals surface area contributed by atoms with Crippen molar-refractivity contribution in [2.45, 2.75) is 45.7 Å². The van der Waals surface area contributed by atoms with E-state index in [4.69, 9.17) is 5.11 Å². The molecule has 17 heavy (non-hydrogen) atoms. The second kappa shape index (κ2) is 6.00. The highest BCUT2D eigenvalue weighted by Gasteiger charge is 2.28. The van der Waals surface area contributed by atoms with Crippen LogP contribution in [0.25, 0.3) is 0 Å². The molecule has 0 bridgehead atoms. The van der Waals surface area contributed by atoms with Crippen LogP contribution >= 0.6 is 0 Å². The molecule has 0 aromatic carbocycles. The molecule has 1 aliphatic heterocycles. The van der Waals surface area contributed by atoms with Crippen LogP contribution in [-0.2, 0) is 9.59 Å². The summed E-state index contributed by atoms with van der Waals surface area (Å²) in [4.78, 5) is 24.4. The molecule has 2 N–H and O–H groups in total. The number of hydrogen-bond donors (Lipinski definition) is 2. The fourth-order valence-corrected chi connectivity index (χ4v) is 2.00. The first-order valence-corrected chi connectivity index (χ1v) is 6.19. The molecule has 1 saturated heterocycles. The summed E-state index contributed by atoms with van der Waals surface area (Å²) in [6, 6.07) is -0.394. The van der Waals surface area contributed by atoms with Gasteiger partial charge in [0.25, 0.3) is 0 Å². The van der Waals surface area contributed by atoms with Crippen molar-refractivity contribution >= 4 is 11.9 Å². The average Bonchev–Trinajstić information content (AvgIpc) is 2.28. The van der Waals surface area contributed by atoms with E-state index in [1.807, 2.05) is 18.7 Å². The first kappa shape index (κ1) is 14.0. The van der Waals surface area contributed by atoms with Gasteiger partial charge in [0, 0.05) is 18.5 Å². The molecule has 2 atom stereocenters. The predicted octanol–water partition coefficient (Wildman–Crippen LogP) is 0.696. The lowest BCUT2D eigenvalue weighted by Crippen LogP contribution is -2.52. The van der Waals surface area contributed by atoms with E-state index in [0.717, 1.165) is 19.4 Å². The molecule has 1 fully saturated rings. The number of rotatable bonds is 4. The number of carboxylic acid groups (broad SMARTS) is 1. The summed E-state index contributed by atoms with van der Waals surface area (Å²) in [5.41, 5.74) is 0. The number of carbonyl (C=O) groups excluding carboxylic acids is 1. The van der Waals surface area contributed by atoms with Gasteiger partial charge in [-0.1, -0.05) is 13.8 Å². The van der Waals surface area contributed by atoms with Crippen molar-refractivity contribution in [2.24, 2.45) is 5.92 Å². The van der Waals surface area contributed by atoms with Crippen molar-refractivity contribution in [3.05, 3.63) is 0 Å². The third-order valence-corrected chi connectivity index (χ3v) is 3.23. The maximum atomic E-state index is 11.6. The van der Waals surface area contributed by atoms with Crippen LogP contribution in [0.4, 0.5) is 0 Å². The summed E-state index contributed by atoms with van der Waals surface area (Å²) in [6.45, 7) is 6.83. The number of nitrogens with one attached hydrogen (secondary N) is 1. The molecule has 5 nitrogen and oxygen atoms in total. The number of hydrogen-bond acceptors (Lipinski definition) is 3. The molecule has 0 saturated carbocycles. The van der Waals surface area contributed by atoms with E-state index in [9.17, 15) is 9.59 Å². The molecule has 0 aromatic heterocycles. The van der Waals surface area contributed by atoms with Crippen LogP contribution in [0.2, 0.25) is 0 Å². The molecule has 0 aliphatic carbocycles. The van der Waals surface area contributed by atoms with Gasteiger partial charge in [0.15, 0.2) is 0 Å². The Labute approximate surface area is 102 Å². The Morgan fingerprint density at radius 2 is 2.00 bits per heavy atom. The molecular formula is C12H22N2O3. The number of piperidine rings is 1. The minimum atomic E-state index is -0.805. The van der Waals surface area contributed by atoms with E-state index in [1.165, 1.54) is 0 Å². The van der Waals surface area contributed by atoms with Crippen LogP contribution in [0.5, 0.6) is 0 Å². The number of nitrogens with zero attached hydrogens (tertiary/aromatic N) is 1. The summed E-state index contributed by atoms with van der Waals surface area (Å²) in [6.07, 6.45) is 1.86. The summed E-state index contributed by atoms with van der Waals surface area (Å²) in [5, 5.41) is 11.9. The first-order chi connectivity index (χ1) is 7.91. The molecule has 0 aromatic rings. The molecule has 5 heteroatoms.